The van der Waals surface area contributed by atoms with Crippen molar-refractivity contribution in [1.82, 2.24) is 10.2 Å². The molecule has 2 heterocycles. The Bertz CT molecular complexity index is 477. The van der Waals surface area contributed by atoms with Gasteiger partial charge in [-0.2, -0.15) is 0 Å². The molecule has 1 amide bonds. The third kappa shape index (κ3) is 4.03. The molecule has 0 radical (unpaired) electrons. The summed E-state index contributed by atoms with van der Waals surface area (Å²) < 4.78 is 0. The van der Waals surface area contributed by atoms with E-state index in [0.29, 0.717) is 6.04 Å². The highest BCUT2D eigenvalue weighted by Gasteiger charge is 2.25. The predicted octanol–water partition coefficient (Wildman–Crippen LogP) is 3.65. The van der Waals surface area contributed by atoms with Crippen molar-refractivity contribution in [2.75, 3.05) is 20.1 Å². The Morgan fingerprint density at radius 1 is 1.23 bits per heavy atom. The fourth-order valence-electron chi connectivity index (χ4n) is 3.50. The lowest BCUT2D eigenvalue weighted by atomic mass is 9.99. The van der Waals surface area contributed by atoms with E-state index in [1.54, 1.807) is 11.3 Å². The molecule has 124 valence electrons. The zero-order valence-electron chi connectivity index (χ0n) is 13.4. The SMILES string of the molecule is CNC1CCCN(C(=O)c2cc3c(s2)CCCCCC3)C1.Cl. The summed E-state index contributed by atoms with van der Waals surface area (Å²) in [5, 5.41) is 3.32. The molecular formula is C17H27ClN2OS. The molecule has 1 saturated heterocycles. The van der Waals surface area contributed by atoms with Gasteiger partial charge in [0, 0.05) is 24.0 Å². The van der Waals surface area contributed by atoms with Gasteiger partial charge in [-0.05, 0) is 57.2 Å². The Morgan fingerprint density at radius 2 is 2.00 bits per heavy atom. The number of likely N-dealkylation sites (tertiary alicyclic amines) is 1. The molecule has 3 nitrogen and oxygen atoms in total. The molecule has 1 unspecified atom stereocenters. The highest BCUT2D eigenvalue weighted by atomic mass is 35.5. The number of carbonyl (C=O) groups is 1. The number of nitrogens with one attached hydrogen (secondary N) is 1. The van der Waals surface area contributed by atoms with Crippen molar-refractivity contribution in [3.63, 3.8) is 0 Å². The number of hydrogen-bond acceptors (Lipinski definition) is 3. The normalized spacial score (nSPS) is 22.2. The quantitative estimate of drug-likeness (QED) is 0.889. The first-order valence-electron chi connectivity index (χ1n) is 8.36. The van der Waals surface area contributed by atoms with Crippen LogP contribution in [-0.2, 0) is 12.8 Å². The number of hydrogen-bond donors (Lipinski definition) is 1. The number of piperidine rings is 1. The van der Waals surface area contributed by atoms with Gasteiger partial charge in [-0.15, -0.1) is 23.7 Å². The Kier molecular flexibility index (Phi) is 6.72. The van der Waals surface area contributed by atoms with Gasteiger partial charge in [0.25, 0.3) is 5.91 Å². The average Bonchev–Trinajstić information content (AvgIpc) is 2.89. The topological polar surface area (TPSA) is 32.3 Å². The van der Waals surface area contributed by atoms with E-state index in [9.17, 15) is 4.79 Å². The standard InChI is InChI=1S/C17H26N2OS.ClH/c1-18-14-8-6-10-19(12-14)17(20)16-11-13-7-4-2-3-5-9-15(13)21-16;/h11,14,18H,2-10,12H2,1H3;1H. The van der Waals surface area contributed by atoms with Crippen molar-refractivity contribution < 1.29 is 4.79 Å². The molecular weight excluding hydrogens is 316 g/mol. The summed E-state index contributed by atoms with van der Waals surface area (Å²) in [6, 6.07) is 2.65. The van der Waals surface area contributed by atoms with Crippen molar-refractivity contribution in [3.05, 3.63) is 21.4 Å². The van der Waals surface area contributed by atoms with Gasteiger partial charge in [-0.3, -0.25) is 4.79 Å². The predicted molar refractivity (Wildman–Crippen MR) is 95.4 cm³/mol. The van der Waals surface area contributed by atoms with E-state index in [4.69, 9.17) is 0 Å². The van der Waals surface area contributed by atoms with Gasteiger partial charge in [0.05, 0.1) is 4.88 Å². The molecule has 1 aromatic heterocycles. The van der Waals surface area contributed by atoms with Gasteiger partial charge >= 0.3 is 0 Å². The van der Waals surface area contributed by atoms with Crippen LogP contribution in [0.3, 0.4) is 0 Å². The molecule has 0 bridgehead atoms. The maximum absolute atomic E-state index is 12.8. The number of likely N-dealkylation sites (N-methyl/N-ethyl adjacent to an activating group) is 1. The van der Waals surface area contributed by atoms with Gasteiger partial charge in [0.1, 0.15) is 0 Å². The smallest absolute Gasteiger partial charge is 0.263 e. The average molecular weight is 343 g/mol. The van der Waals surface area contributed by atoms with Crippen molar-refractivity contribution >= 4 is 29.7 Å². The summed E-state index contributed by atoms with van der Waals surface area (Å²) in [5.74, 6) is 0.256. The molecule has 1 N–H and O–H groups in total. The first kappa shape index (κ1) is 17.8. The second-order valence-corrected chi connectivity index (χ2v) is 7.49. The number of halogens is 1. The molecule has 1 aliphatic heterocycles. The summed E-state index contributed by atoms with van der Waals surface area (Å²) in [6.45, 7) is 1.78. The van der Waals surface area contributed by atoms with Gasteiger partial charge in [-0.1, -0.05) is 12.8 Å². The minimum atomic E-state index is 0. The van der Waals surface area contributed by atoms with Gasteiger partial charge in [0.2, 0.25) is 0 Å². The highest BCUT2D eigenvalue weighted by Crippen LogP contribution is 2.29. The van der Waals surface area contributed by atoms with Crippen LogP contribution in [-0.4, -0.2) is 37.0 Å². The summed E-state index contributed by atoms with van der Waals surface area (Å²) in [7, 11) is 2.00. The maximum Gasteiger partial charge on any atom is 0.263 e. The van der Waals surface area contributed by atoms with Crippen molar-refractivity contribution in [2.45, 2.75) is 57.4 Å². The summed E-state index contributed by atoms with van der Waals surface area (Å²) in [5.41, 5.74) is 1.45. The van der Waals surface area contributed by atoms with E-state index in [1.165, 1.54) is 49.0 Å². The number of nitrogens with zero attached hydrogens (tertiary/aromatic N) is 1. The molecule has 5 heteroatoms. The number of carbonyl (C=O) groups excluding carboxylic acids is 1. The largest absolute Gasteiger partial charge is 0.336 e. The maximum atomic E-state index is 12.8. The van der Waals surface area contributed by atoms with E-state index < -0.39 is 0 Å². The van der Waals surface area contributed by atoms with Crippen molar-refractivity contribution in [1.29, 1.82) is 0 Å². The Morgan fingerprint density at radius 3 is 2.77 bits per heavy atom. The summed E-state index contributed by atoms with van der Waals surface area (Å²) >= 11 is 1.76. The van der Waals surface area contributed by atoms with Crippen LogP contribution in [0.4, 0.5) is 0 Å². The minimum Gasteiger partial charge on any atom is -0.336 e. The number of amides is 1. The highest BCUT2D eigenvalue weighted by molar-refractivity contribution is 7.14. The molecule has 1 atom stereocenters. The van der Waals surface area contributed by atoms with E-state index in [1.807, 2.05) is 11.9 Å². The van der Waals surface area contributed by atoms with Crippen LogP contribution in [0, 0.1) is 0 Å². The Balaban J connectivity index is 0.00000176. The van der Waals surface area contributed by atoms with Crippen molar-refractivity contribution in [3.8, 4) is 0 Å². The van der Waals surface area contributed by atoms with E-state index in [2.05, 4.69) is 11.4 Å². The fraction of sp³-hybridized carbons (Fsp3) is 0.706. The van der Waals surface area contributed by atoms with E-state index in [0.717, 1.165) is 30.8 Å². The van der Waals surface area contributed by atoms with Crippen molar-refractivity contribution in [2.24, 2.45) is 0 Å². The van der Waals surface area contributed by atoms with Gasteiger partial charge in [-0.25, -0.2) is 0 Å². The van der Waals surface area contributed by atoms with E-state index in [-0.39, 0.29) is 18.3 Å². The van der Waals surface area contributed by atoms with Crippen LogP contribution in [0.2, 0.25) is 0 Å². The number of aryl methyl sites for hydroxylation is 2. The molecule has 22 heavy (non-hydrogen) atoms. The molecule has 3 rings (SSSR count). The third-order valence-electron chi connectivity index (χ3n) is 4.82. The fourth-order valence-corrected chi connectivity index (χ4v) is 4.72. The van der Waals surface area contributed by atoms with Crippen LogP contribution < -0.4 is 5.32 Å². The van der Waals surface area contributed by atoms with Crippen LogP contribution in [0.25, 0.3) is 0 Å². The van der Waals surface area contributed by atoms with Crippen LogP contribution in [0.5, 0.6) is 0 Å². The van der Waals surface area contributed by atoms with Crippen LogP contribution in [0.15, 0.2) is 6.07 Å². The monoisotopic (exact) mass is 342 g/mol. The lowest BCUT2D eigenvalue weighted by molar-refractivity contribution is 0.0703. The number of thiophene rings is 1. The first-order chi connectivity index (χ1) is 10.3. The Labute approximate surface area is 143 Å². The second-order valence-electron chi connectivity index (χ2n) is 6.35. The van der Waals surface area contributed by atoms with Gasteiger partial charge in [0.15, 0.2) is 0 Å². The molecule has 1 fully saturated rings. The summed E-state index contributed by atoms with van der Waals surface area (Å²) in [4.78, 5) is 17.2. The number of fused-ring (bicyclic) bond motifs is 1. The summed E-state index contributed by atoms with van der Waals surface area (Å²) in [6.07, 6.45) is 9.88. The molecule has 2 aliphatic rings. The molecule has 0 saturated carbocycles. The molecule has 0 spiro atoms. The molecule has 1 aliphatic carbocycles. The molecule has 1 aromatic rings. The first-order valence-corrected chi connectivity index (χ1v) is 9.17. The van der Waals surface area contributed by atoms with Gasteiger partial charge < -0.3 is 10.2 Å². The lowest BCUT2D eigenvalue weighted by Crippen LogP contribution is -2.46. The second kappa shape index (κ2) is 8.32. The number of rotatable bonds is 2. The molecule has 0 aromatic carbocycles. The lowest BCUT2D eigenvalue weighted by Gasteiger charge is -2.32. The third-order valence-corrected chi connectivity index (χ3v) is 6.05. The van der Waals surface area contributed by atoms with Crippen LogP contribution in [0.1, 0.15) is 58.6 Å². The minimum absolute atomic E-state index is 0. The van der Waals surface area contributed by atoms with Crippen LogP contribution >= 0.6 is 23.7 Å². The zero-order chi connectivity index (χ0) is 14.7. The van der Waals surface area contributed by atoms with E-state index >= 15 is 0 Å². The zero-order valence-corrected chi connectivity index (χ0v) is 15.0. The Hall–Kier alpha value is -0.580.